The molecule has 0 aliphatic heterocycles. The van der Waals surface area contributed by atoms with Crippen LogP contribution in [-0.2, 0) is 9.16 Å². The summed E-state index contributed by atoms with van der Waals surface area (Å²) in [5.41, 5.74) is 0.161. The minimum atomic E-state index is -1.71. The summed E-state index contributed by atoms with van der Waals surface area (Å²) in [6, 6.07) is 0. The summed E-state index contributed by atoms with van der Waals surface area (Å²) in [4.78, 5) is 0. The van der Waals surface area contributed by atoms with Crippen LogP contribution >= 0.6 is 0 Å². The third-order valence-electron chi connectivity index (χ3n) is 4.84. The predicted molar refractivity (Wildman–Crippen MR) is 101 cm³/mol. The van der Waals surface area contributed by atoms with Crippen molar-refractivity contribution >= 4 is 8.32 Å². The van der Waals surface area contributed by atoms with E-state index < -0.39 is 8.32 Å². The molecule has 0 aliphatic carbocycles. The first kappa shape index (κ1) is 22.1. The van der Waals surface area contributed by atoms with Crippen molar-refractivity contribution in [2.75, 3.05) is 19.8 Å². The van der Waals surface area contributed by atoms with Crippen molar-refractivity contribution in [2.45, 2.75) is 86.4 Å². The fourth-order valence-electron chi connectivity index (χ4n) is 2.96. The minimum Gasteiger partial charge on any atom is -0.416 e. The van der Waals surface area contributed by atoms with E-state index in [9.17, 15) is 0 Å². The molecule has 0 radical (unpaired) electrons. The average Bonchev–Trinajstić information content (AvgIpc) is 2.31. The van der Waals surface area contributed by atoms with Gasteiger partial charge in [0.15, 0.2) is 8.32 Å². The largest absolute Gasteiger partial charge is 0.416 e. The molecular formula is C19H42O2Si. The molecule has 0 fully saturated rings. The lowest BCUT2D eigenvalue weighted by Gasteiger charge is -2.42. The average molecular weight is 331 g/mol. The van der Waals surface area contributed by atoms with Gasteiger partial charge in [0, 0.05) is 18.6 Å². The van der Waals surface area contributed by atoms with Crippen molar-refractivity contribution in [3.05, 3.63) is 0 Å². The lowest BCUT2D eigenvalue weighted by atomic mass is 9.75. The van der Waals surface area contributed by atoms with Crippen molar-refractivity contribution in [1.82, 2.24) is 0 Å². The van der Waals surface area contributed by atoms with Gasteiger partial charge in [0.05, 0.1) is 6.61 Å². The molecule has 0 heterocycles. The van der Waals surface area contributed by atoms with E-state index in [2.05, 4.69) is 68.5 Å². The van der Waals surface area contributed by atoms with Crippen LogP contribution in [-0.4, -0.2) is 28.1 Å². The van der Waals surface area contributed by atoms with Crippen LogP contribution in [0.15, 0.2) is 0 Å². The van der Waals surface area contributed by atoms with E-state index in [0.29, 0.717) is 11.8 Å². The maximum Gasteiger partial charge on any atom is 0.192 e. The van der Waals surface area contributed by atoms with Crippen LogP contribution in [0.2, 0.25) is 18.1 Å². The first-order valence-corrected chi connectivity index (χ1v) is 12.0. The second kappa shape index (κ2) is 8.84. The maximum atomic E-state index is 6.62. The van der Waals surface area contributed by atoms with Gasteiger partial charge in [-0.15, -0.1) is 0 Å². The molecule has 0 N–H and O–H groups in total. The summed E-state index contributed by atoms with van der Waals surface area (Å²) >= 11 is 0. The highest BCUT2D eigenvalue weighted by Gasteiger charge is 2.41. The number of rotatable bonds is 10. The Bertz CT molecular complexity index is 293. The quantitative estimate of drug-likeness (QED) is 0.449. The van der Waals surface area contributed by atoms with Crippen LogP contribution in [0.25, 0.3) is 0 Å². The van der Waals surface area contributed by atoms with E-state index in [1.54, 1.807) is 0 Å². The van der Waals surface area contributed by atoms with Crippen molar-refractivity contribution < 1.29 is 9.16 Å². The van der Waals surface area contributed by atoms with E-state index in [-0.39, 0.29) is 10.5 Å². The Balaban J connectivity index is 5.18. The van der Waals surface area contributed by atoms with Crippen LogP contribution < -0.4 is 0 Å². The molecular weight excluding hydrogens is 288 g/mol. The lowest BCUT2D eigenvalue weighted by molar-refractivity contribution is -0.0114. The highest BCUT2D eigenvalue weighted by atomic mass is 28.4. The fourth-order valence-corrected chi connectivity index (χ4v) is 4.06. The fraction of sp³-hybridized carbons (Fsp3) is 1.00. The normalized spacial score (nSPS) is 14.2. The summed E-state index contributed by atoms with van der Waals surface area (Å²) in [6.45, 7) is 25.4. The third-order valence-corrected chi connectivity index (χ3v) is 9.32. The molecule has 3 heteroatoms. The summed E-state index contributed by atoms with van der Waals surface area (Å²) in [5.74, 6) is 1.34. The van der Waals surface area contributed by atoms with E-state index >= 15 is 0 Å². The molecule has 0 aliphatic rings. The van der Waals surface area contributed by atoms with Crippen LogP contribution in [0, 0.1) is 17.3 Å². The van der Waals surface area contributed by atoms with E-state index in [4.69, 9.17) is 9.16 Å². The SMILES string of the molecule is CCOCC(CO[Si](C)(C)C(C)(C)C)(CC(C)C)CC(C)C. The Labute approximate surface area is 141 Å². The molecule has 0 bridgehead atoms. The Morgan fingerprint density at radius 3 is 1.64 bits per heavy atom. The highest BCUT2D eigenvalue weighted by molar-refractivity contribution is 6.74. The van der Waals surface area contributed by atoms with E-state index in [0.717, 1.165) is 19.8 Å². The van der Waals surface area contributed by atoms with Crippen LogP contribution in [0.4, 0.5) is 0 Å². The van der Waals surface area contributed by atoms with Gasteiger partial charge < -0.3 is 9.16 Å². The predicted octanol–water partition coefficient (Wildman–Crippen LogP) is 6.12. The summed E-state index contributed by atoms with van der Waals surface area (Å²) in [5, 5.41) is 0.264. The van der Waals surface area contributed by atoms with Gasteiger partial charge in [0.25, 0.3) is 0 Å². The van der Waals surface area contributed by atoms with E-state index in [1.807, 2.05) is 0 Å². The lowest BCUT2D eigenvalue weighted by Crippen LogP contribution is -2.46. The molecule has 0 unspecified atom stereocenters. The van der Waals surface area contributed by atoms with Crippen LogP contribution in [0.1, 0.15) is 68.2 Å². The molecule has 0 rings (SSSR count). The van der Waals surface area contributed by atoms with Gasteiger partial charge in [-0.05, 0) is 49.7 Å². The molecule has 0 saturated heterocycles. The van der Waals surface area contributed by atoms with Gasteiger partial charge in [0.2, 0.25) is 0 Å². The maximum absolute atomic E-state index is 6.62. The Kier molecular flexibility index (Phi) is 8.90. The highest BCUT2D eigenvalue weighted by Crippen LogP contribution is 2.40. The monoisotopic (exact) mass is 330 g/mol. The third kappa shape index (κ3) is 7.61. The van der Waals surface area contributed by atoms with Gasteiger partial charge in [0.1, 0.15) is 0 Å². The standard InChI is InChI=1S/C19H42O2Si/c1-11-20-14-19(12-16(2)3,13-17(4)5)15-21-22(9,10)18(6,7)8/h16-17H,11-15H2,1-10H3. The van der Waals surface area contributed by atoms with Gasteiger partial charge in [-0.2, -0.15) is 0 Å². The number of hydrogen-bond acceptors (Lipinski definition) is 2. The van der Waals surface area contributed by atoms with Gasteiger partial charge in [-0.1, -0.05) is 48.5 Å². The molecule has 2 nitrogen and oxygen atoms in total. The first-order valence-electron chi connectivity index (χ1n) is 9.07. The van der Waals surface area contributed by atoms with Crippen LogP contribution in [0.5, 0.6) is 0 Å². The summed E-state index contributed by atoms with van der Waals surface area (Å²) < 4.78 is 12.5. The molecule has 0 aromatic heterocycles. The topological polar surface area (TPSA) is 18.5 Å². The molecule has 0 saturated carbocycles. The summed E-state index contributed by atoms with van der Waals surface area (Å²) in [6.07, 6.45) is 2.36. The molecule has 134 valence electrons. The van der Waals surface area contributed by atoms with E-state index in [1.165, 1.54) is 12.8 Å². The van der Waals surface area contributed by atoms with Crippen molar-refractivity contribution in [3.8, 4) is 0 Å². The van der Waals surface area contributed by atoms with Gasteiger partial charge in [-0.3, -0.25) is 0 Å². The molecule has 0 aromatic carbocycles. The first-order chi connectivity index (χ1) is 9.85. The number of ether oxygens (including phenoxy) is 1. The second-order valence-electron chi connectivity index (χ2n) is 9.38. The Morgan fingerprint density at radius 1 is 0.864 bits per heavy atom. The van der Waals surface area contributed by atoms with Crippen molar-refractivity contribution in [2.24, 2.45) is 17.3 Å². The zero-order chi connectivity index (χ0) is 17.6. The van der Waals surface area contributed by atoms with Gasteiger partial charge >= 0.3 is 0 Å². The molecule has 22 heavy (non-hydrogen) atoms. The molecule has 0 spiro atoms. The van der Waals surface area contributed by atoms with Crippen LogP contribution in [0.3, 0.4) is 0 Å². The summed E-state index contributed by atoms with van der Waals surface area (Å²) in [7, 11) is -1.71. The smallest absolute Gasteiger partial charge is 0.192 e. The molecule has 0 amide bonds. The van der Waals surface area contributed by atoms with Gasteiger partial charge in [-0.25, -0.2) is 0 Å². The number of hydrogen-bond donors (Lipinski definition) is 0. The van der Waals surface area contributed by atoms with Crippen molar-refractivity contribution in [3.63, 3.8) is 0 Å². The Morgan fingerprint density at radius 2 is 1.32 bits per heavy atom. The molecule has 0 aromatic rings. The Hall–Kier alpha value is 0.137. The zero-order valence-electron chi connectivity index (χ0n) is 17.0. The minimum absolute atomic E-state index is 0.161. The zero-order valence-corrected chi connectivity index (χ0v) is 18.0. The van der Waals surface area contributed by atoms with Crippen molar-refractivity contribution in [1.29, 1.82) is 0 Å². The second-order valence-corrected chi connectivity index (χ2v) is 14.2. The molecule has 0 atom stereocenters.